The number of nitrogens with one attached hydrogen (secondary N) is 1. The van der Waals surface area contributed by atoms with Crippen molar-refractivity contribution >= 4 is 23.2 Å². The maximum Gasteiger partial charge on any atom is 0.243 e. The van der Waals surface area contributed by atoms with E-state index >= 15 is 0 Å². The van der Waals surface area contributed by atoms with Crippen LogP contribution < -0.4 is 14.8 Å². The molecule has 0 saturated heterocycles. The Bertz CT molecular complexity index is 1090. The van der Waals surface area contributed by atoms with E-state index in [1.165, 1.54) is 17.3 Å². The minimum absolute atomic E-state index is 0.168. The summed E-state index contributed by atoms with van der Waals surface area (Å²) in [5.74, 6) is 2.01. The number of ether oxygens (including phenoxy) is 2. The highest BCUT2D eigenvalue weighted by molar-refractivity contribution is 6.31. The Hall–Kier alpha value is -3.03. The van der Waals surface area contributed by atoms with Crippen molar-refractivity contribution < 1.29 is 14.6 Å². The molecular formula is C22H23ClN4O3. The first-order valence-electron chi connectivity index (χ1n) is 9.58. The molecule has 8 heteroatoms. The van der Waals surface area contributed by atoms with Crippen LogP contribution in [0.2, 0.25) is 5.02 Å². The van der Waals surface area contributed by atoms with Gasteiger partial charge in [0.05, 0.1) is 19.0 Å². The SMILES string of the molecule is COc1cc2c(cc1Nc1ncc(Cl)c(Oc3ccc(O)cc3C)n1)CN(C)CC2. The van der Waals surface area contributed by atoms with Gasteiger partial charge in [0.2, 0.25) is 11.8 Å². The summed E-state index contributed by atoms with van der Waals surface area (Å²) in [6.45, 7) is 3.74. The van der Waals surface area contributed by atoms with Crippen LogP contribution in [-0.2, 0) is 13.0 Å². The summed E-state index contributed by atoms with van der Waals surface area (Å²) < 4.78 is 11.4. The van der Waals surface area contributed by atoms with Crippen LogP contribution in [0.4, 0.5) is 11.6 Å². The Morgan fingerprint density at radius 2 is 2.00 bits per heavy atom. The van der Waals surface area contributed by atoms with Crippen molar-refractivity contribution in [1.82, 2.24) is 14.9 Å². The molecule has 0 amide bonds. The van der Waals surface area contributed by atoms with Crippen LogP contribution in [0.15, 0.2) is 36.5 Å². The Morgan fingerprint density at radius 1 is 1.17 bits per heavy atom. The molecule has 1 aromatic heterocycles. The van der Waals surface area contributed by atoms with Gasteiger partial charge < -0.3 is 24.8 Å². The molecule has 0 spiro atoms. The van der Waals surface area contributed by atoms with Crippen LogP contribution in [-0.4, -0.2) is 40.7 Å². The number of aryl methyl sites for hydroxylation is 1. The lowest BCUT2D eigenvalue weighted by Crippen LogP contribution is -2.26. The fourth-order valence-electron chi connectivity index (χ4n) is 3.45. The van der Waals surface area contributed by atoms with Crippen molar-refractivity contribution in [3.05, 3.63) is 58.2 Å². The molecule has 7 nitrogen and oxygen atoms in total. The lowest BCUT2D eigenvalue weighted by Gasteiger charge is -2.26. The molecule has 0 radical (unpaired) electrons. The van der Waals surface area contributed by atoms with Crippen molar-refractivity contribution in [2.45, 2.75) is 19.9 Å². The summed E-state index contributed by atoms with van der Waals surface area (Å²) >= 11 is 6.24. The van der Waals surface area contributed by atoms with Gasteiger partial charge in [-0.15, -0.1) is 0 Å². The van der Waals surface area contributed by atoms with Crippen LogP contribution in [0.1, 0.15) is 16.7 Å². The van der Waals surface area contributed by atoms with E-state index in [0.29, 0.717) is 11.7 Å². The minimum atomic E-state index is 0.168. The van der Waals surface area contributed by atoms with Gasteiger partial charge in [-0.3, -0.25) is 0 Å². The quantitative estimate of drug-likeness (QED) is 0.613. The van der Waals surface area contributed by atoms with Crippen LogP contribution >= 0.6 is 11.6 Å². The average Bonchev–Trinajstić information content (AvgIpc) is 2.72. The van der Waals surface area contributed by atoms with E-state index in [1.807, 2.05) is 6.92 Å². The second-order valence-electron chi connectivity index (χ2n) is 7.33. The van der Waals surface area contributed by atoms with Crippen LogP contribution in [0, 0.1) is 6.92 Å². The highest BCUT2D eigenvalue weighted by atomic mass is 35.5. The van der Waals surface area contributed by atoms with E-state index < -0.39 is 0 Å². The highest BCUT2D eigenvalue weighted by Gasteiger charge is 2.18. The largest absolute Gasteiger partial charge is 0.508 e. The normalized spacial score (nSPS) is 13.6. The Labute approximate surface area is 180 Å². The summed E-state index contributed by atoms with van der Waals surface area (Å²) in [5, 5.41) is 13.1. The van der Waals surface area contributed by atoms with E-state index in [-0.39, 0.29) is 16.7 Å². The number of anilines is 2. The third kappa shape index (κ3) is 4.27. The average molecular weight is 427 g/mol. The van der Waals surface area contributed by atoms with Crippen molar-refractivity contribution in [1.29, 1.82) is 0 Å². The third-order valence-corrected chi connectivity index (χ3v) is 5.31. The van der Waals surface area contributed by atoms with Gasteiger partial charge in [-0.1, -0.05) is 11.6 Å². The number of benzene rings is 2. The molecule has 30 heavy (non-hydrogen) atoms. The molecule has 2 N–H and O–H groups in total. The number of halogens is 1. The summed E-state index contributed by atoms with van der Waals surface area (Å²) in [6.07, 6.45) is 2.48. The highest BCUT2D eigenvalue weighted by Crippen LogP contribution is 2.35. The number of methoxy groups -OCH3 is 1. The molecule has 0 unspecified atom stereocenters. The number of hydrogen-bond donors (Lipinski definition) is 2. The summed E-state index contributed by atoms with van der Waals surface area (Å²) in [5.41, 5.74) is 4.08. The molecule has 2 aromatic carbocycles. The topological polar surface area (TPSA) is 79.7 Å². The van der Waals surface area contributed by atoms with E-state index in [0.717, 1.165) is 36.5 Å². The number of aromatic nitrogens is 2. The number of nitrogens with zero attached hydrogens (tertiary/aromatic N) is 3. The van der Waals surface area contributed by atoms with E-state index in [9.17, 15) is 5.11 Å². The number of hydrogen-bond acceptors (Lipinski definition) is 7. The van der Waals surface area contributed by atoms with Crippen molar-refractivity contribution in [3.8, 4) is 23.1 Å². The molecule has 156 valence electrons. The first-order valence-corrected chi connectivity index (χ1v) is 9.96. The molecule has 0 saturated carbocycles. The van der Waals surface area contributed by atoms with Crippen molar-refractivity contribution in [2.24, 2.45) is 0 Å². The molecule has 1 aliphatic rings. The van der Waals surface area contributed by atoms with Gasteiger partial charge in [0.1, 0.15) is 22.3 Å². The molecular weight excluding hydrogens is 404 g/mol. The Morgan fingerprint density at radius 3 is 2.77 bits per heavy atom. The fourth-order valence-corrected chi connectivity index (χ4v) is 3.58. The first kappa shape index (κ1) is 20.3. The van der Waals surface area contributed by atoms with Crippen molar-refractivity contribution in [3.63, 3.8) is 0 Å². The number of fused-ring (bicyclic) bond motifs is 1. The van der Waals surface area contributed by atoms with Gasteiger partial charge in [-0.25, -0.2) is 4.98 Å². The number of likely N-dealkylation sites (N-methyl/N-ethyl adjacent to an activating group) is 1. The minimum Gasteiger partial charge on any atom is -0.508 e. The molecule has 3 aromatic rings. The summed E-state index contributed by atoms with van der Waals surface area (Å²) in [6, 6.07) is 8.97. The third-order valence-electron chi connectivity index (χ3n) is 5.05. The number of phenolic OH excluding ortho intramolecular Hbond substituents is 1. The predicted molar refractivity (Wildman–Crippen MR) is 116 cm³/mol. The van der Waals surface area contributed by atoms with E-state index in [1.54, 1.807) is 25.3 Å². The molecule has 4 rings (SSSR count). The van der Waals surface area contributed by atoms with Gasteiger partial charge in [0.15, 0.2) is 0 Å². The standard InChI is InChI=1S/C22H23ClN4O3/c1-13-8-16(28)4-5-19(13)30-21-17(23)11-24-22(26-21)25-18-9-15-12-27(2)7-6-14(15)10-20(18)29-3/h4-5,8-11,28H,6-7,12H2,1-3H3,(H,24,25,26). The molecule has 0 aliphatic carbocycles. The molecule has 1 aliphatic heterocycles. The zero-order valence-electron chi connectivity index (χ0n) is 17.1. The van der Waals surface area contributed by atoms with Gasteiger partial charge in [-0.05, 0) is 67.4 Å². The lowest BCUT2D eigenvalue weighted by molar-refractivity contribution is 0.312. The molecule has 0 fully saturated rings. The number of rotatable bonds is 5. The van der Waals surface area contributed by atoms with E-state index in [2.05, 4.69) is 39.4 Å². The fraction of sp³-hybridized carbons (Fsp3) is 0.273. The summed E-state index contributed by atoms with van der Waals surface area (Å²) in [4.78, 5) is 11.0. The zero-order chi connectivity index (χ0) is 21.3. The Kier molecular flexibility index (Phi) is 5.65. The zero-order valence-corrected chi connectivity index (χ0v) is 17.8. The van der Waals surface area contributed by atoms with Crippen LogP contribution in [0.3, 0.4) is 0 Å². The summed E-state index contributed by atoms with van der Waals surface area (Å²) in [7, 11) is 3.75. The predicted octanol–water partition coefficient (Wildman–Crippen LogP) is 4.68. The van der Waals surface area contributed by atoms with Crippen LogP contribution in [0.5, 0.6) is 23.1 Å². The maximum atomic E-state index is 9.58. The van der Waals surface area contributed by atoms with Crippen molar-refractivity contribution in [2.75, 3.05) is 26.0 Å². The molecule has 0 atom stereocenters. The second-order valence-corrected chi connectivity index (χ2v) is 7.74. The monoisotopic (exact) mass is 426 g/mol. The maximum absolute atomic E-state index is 9.58. The van der Waals surface area contributed by atoms with Gasteiger partial charge in [0, 0.05) is 13.1 Å². The number of phenols is 1. The Balaban J connectivity index is 1.62. The van der Waals surface area contributed by atoms with Gasteiger partial charge in [0.25, 0.3) is 0 Å². The van der Waals surface area contributed by atoms with E-state index in [4.69, 9.17) is 21.1 Å². The van der Waals surface area contributed by atoms with Gasteiger partial charge in [-0.2, -0.15) is 4.98 Å². The van der Waals surface area contributed by atoms with Gasteiger partial charge >= 0.3 is 0 Å². The smallest absolute Gasteiger partial charge is 0.243 e. The van der Waals surface area contributed by atoms with Crippen LogP contribution in [0.25, 0.3) is 0 Å². The molecule has 2 heterocycles. The second kappa shape index (κ2) is 8.38. The lowest BCUT2D eigenvalue weighted by atomic mass is 9.99. The first-order chi connectivity index (χ1) is 14.4. The molecule has 0 bridgehead atoms. The number of aromatic hydroxyl groups is 1.